The monoisotopic (exact) mass is 202 g/mol. The van der Waals surface area contributed by atoms with Crippen molar-refractivity contribution in [2.24, 2.45) is 0 Å². The molecule has 0 saturated heterocycles. The van der Waals surface area contributed by atoms with Gasteiger partial charge >= 0.3 is 0 Å². The van der Waals surface area contributed by atoms with E-state index in [4.69, 9.17) is 0 Å². The quantitative estimate of drug-likeness (QED) is 0.558. The molecule has 0 radical (unpaired) electrons. The number of Topliss-reactive ketones (excluding diaryl/α,β-unsaturated/α-hetero) is 1. The summed E-state index contributed by atoms with van der Waals surface area (Å²) in [5, 5.41) is 0. The molecular weight excluding hydrogens is 188 g/mol. The molecule has 0 aromatic carbocycles. The van der Waals surface area contributed by atoms with Crippen molar-refractivity contribution in [3.05, 3.63) is 35.4 Å². The predicted molar refractivity (Wildman–Crippen MR) is 57.7 cm³/mol. The van der Waals surface area contributed by atoms with Crippen LogP contribution in [0.5, 0.6) is 0 Å². The molecular formula is C12H14N2O. The fourth-order valence-electron chi connectivity index (χ4n) is 1.86. The Morgan fingerprint density at radius 1 is 1.53 bits per heavy atom. The molecule has 3 nitrogen and oxygen atoms in total. The topological polar surface area (TPSA) is 42.9 Å². The Morgan fingerprint density at radius 2 is 2.40 bits per heavy atom. The summed E-state index contributed by atoms with van der Waals surface area (Å²) in [5.74, 6) is 0.140. The smallest absolute Gasteiger partial charge is 0.170 e. The van der Waals surface area contributed by atoms with Gasteiger partial charge in [-0.2, -0.15) is 0 Å². The van der Waals surface area contributed by atoms with Crippen LogP contribution in [0.3, 0.4) is 0 Å². The van der Waals surface area contributed by atoms with Crippen molar-refractivity contribution in [2.45, 2.75) is 32.6 Å². The number of hydrogen-bond donors (Lipinski definition) is 0. The van der Waals surface area contributed by atoms with E-state index in [-0.39, 0.29) is 5.78 Å². The molecule has 0 spiro atoms. The number of rotatable bonds is 3. The number of aryl methyl sites for hydroxylation is 1. The molecule has 0 aliphatic heterocycles. The van der Waals surface area contributed by atoms with E-state index in [2.05, 4.69) is 16.0 Å². The molecule has 0 amide bonds. The fraction of sp³-hybridized carbons (Fsp3) is 0.417. The summed E-state index contributed by atoms with van der Waals surface area (Å²) in [6.45, 7) is 1.85. The van der Waals surface area contributed by atoms with Gasteiger partial charge in [0.2, 0.25) is 0 Å². The van der Waals surface area contributed by atoms with Crippen molar-refractivity contribution in [3.8, 4) is 0 Å². The van der Waals surface area contributed by atoms with E-state index in [0.29, 0.717) is 12.0 Å². The lowest BCUT2D eigenvalue weighted by molar-refractivity contribution is 0.0991. The first-order valence-electron chi connectivity index (χ1n) is 5.25. The van der Waals surface area contributed by atoms with Crippen LogP contribution in [0.15, 0.2) is 24.2 Å². The molecule has 1 aliphatic rings. The lowest BCUT2D eigenvalue weighted by Gasteiger charge is -2.03. The minimum atomic E-state index is 0.140. The Labute approximate surface area is 89.3 Å². The first kappa shape index (κ1) is 10.0. The molecule has 0 unspecified atom stereocenters. The molecule has 1 heterocycles. The van der Waals surface area contributed by atoms with Gasteiger partial charge in [0.25, 0.3) is 0 Å². The van der Waals surface area contributed by atoms with Gasteiger partial charge in [-0.05, 0) is 26.2 Å². The second-order valence-electron chi connectivity index (χ2n) is 3.88. The number of nitrogens with zero attached hydrogens (tertiary/aromatic N) is 2. The number of ketones is 1. The van der Waals surface area contributed by atoms with E-state index in [1.54, 1.807) is 6.20 Å². The Morgan fingerprint density at radius 3 is 3.07 bits per heavy atom. The first-order chi connectivity index (χ1) is 7.27. The van der Waals surface area contributed by atoms with Crippen LogP contribution in [0.4, 0.5) is 0 Å². The Kier molecular flexibility index (Phi) is 2.90. The van der Waals surface area contributed by atoms with Gasteiger partial charge in [0.15, 0.2) is 5.78 Å². The van der Waals surface area contributed by atoms with E-state index >= 15 is 0 Å². The number of hydrogen-bond acceptors (Lipinski definition) is 3. The average Bonchev–Trinajstić information content (AvgIpc) is 2.71. The molecule has 2 rings (SSSR count). The summed E-state index contributed by atoms with van der Waals surface area (Å²) >= 11 is 0. The maximum Gasteiger partial charge on any atom is 0.170 e. The first-order valence-corrected chi connectivity index (χ1v) is 5.25. The lowest BCUT2D eigenvalue weighted by Crippen LogP contribution is -2.04. The van der Waals surface area contributed by atoms with Crippen molar-refractivity contribution in [1.82, 2.24) is 9.97 Å². The molecule has 1 aliphatic carbocycles. The molecule has 0 bridgehead atoms. The highest BCUT2D eigenvalue weighted by Crippen LogP contribution is 2.22. The van der Waals surface area contributed by atoms with Gasteiger partial charge in [-0.25, -0.2) is 9.97 Å². The second-order valence-corrected chi connectivity index (χ2v) is 3.88. The SMILES string of the molecule is Cc1ncncc1C(=O)CC1=CCCC1. The molecule has 78 valence electrons. The van der Waals surface area contributed by atoms with Crippen LogP contribution in [0.1, 0.15) is 41.7 Å². The van der Waals surface area contributed by atoms with Gasteiger partial charge < -0.3 is 0 Å². The van der Waals surface area contributed by atoms with Gasteiger partial charge in [-0.15, -0.1) is 0 Å². The zero-order valence-corrected chi connectivity index (χ0v) is 8.86. The number of carbonyl (C=O) groups excluding carboxylic acids is 1. The standard InChI is InChI=1S/C12H14N2O/c1-9-11(7-13-8-14-9)12(15)6-10-4-2-3-5-10/h4,7-8H,2-3,5-6H2,1H3. The molecule has 1 aromatic rings. The fourth-order valence-corrected chi connectivity index (χ4v) is 1.86. The number of allylic oxidation sites excluding steroid dienone is 2. The number of aromatic nitrogens is 2. The molecule has 3 heteroatoms. The highest BCUT2D eigenvalue weighted by molar-refractivity contribution is 5.98. The summed E-state index contributed by atoms with van der Waals surface area (Å²) in [4.78, 5) is 19.8. The highest BCUT2D eigenvalue weighted by atomic mass is 16.1. The Bertz CT molecular complexity index is 410. The maximum atomic E-state index is 11.9. The summed E-state index contributed by atoms with van der Waals surface area (Å²) in [5.41, 5.74) is 2.70. The molecule has 15 heavy (non-hydrogen) atoms. The molecule has 0 fully saturated rings. The zero-order chi connectivity index (χ0) is 10.7. The minimum Gasteiger partial charge on any atom is -0.294 e. The van der Waals surface area contributed by atoms with Gasteiger partial charge in [0.05, 0.1) is 11.3 Å². The molecule has 0 N–H and O–H groups in total. The van der Waals surface area contributed by atoms with E-state index in [0.717, 1.165) is 18.5 Å². The van der Waals surface area contributed by atoms with Crippen LogP contribution >= 0.6 is 0 Å². The van der Waals surface area contributed by atoms with Gasteiger partial charge in [0.1, 0.15) is 6.33 Å². The van der Waals surface area contributed by atoms with Crippen molar-refractivity contribution in [2.75, 3.05) is 0 Å². The van der Waals surface area contributed by atoms with E-state index < -0.39 is 0 Å². The average molecular weight is 202 g/mol. The minimum absolute atomic E-state index is 0.140. The zero-order valence-electron chi connectivity index (χ0n) is 8.86. The summed E-state index contributed by atoms with van der Waals surface area (Å²) in [7, 11) is 0. The van der Waals surface area contributed by atoms with Crippen molar-refractivity contribution in [1.29, 1.82) is 0 Å². The van der Waals surface area contributed by atoms with Crippen molar-refractivity contribution < 1.29 is 4.79 Å². The highest BCUT2D eigenvalue weighted by Gasteiger charge is 2.14. The largest absolute Gasteiger partial charge is 0.294 e. The van der Waals surface area contributed by atoms with E-state index in [9.17, 15) is 4.79 Å². The number of carbonyl (C=O) groups is 1. The van der Waals surface area contributed by atoms with Crippen LogP contribution in [-0.4, -0.2) is 15.8 Å². The molecule has 0 atom stereocenters. The van der Waals surface area contributed by atoms with Crippen molar-refractivity contribution >= 4 is 5.78 Å². The van der Waals surface area contributed by atoms with Crippen molar-refractivity contribution in [3.63, 3.8) is 0 Å². The van der Waals surface area contributed by atoms with Gasteiger partial charge in [0, 0.05) is 12.6 Å². The van der Waals surface area contributed by atoms with E-state index in [1.165, 1.54) is 18.3 Å². The van der Waals surface area contributed by atoms with Crippen LogP contribution in [-0.2, 0) is 0 Å². The van der Waals surface area contributed by atoms with Gasteiger partial charge in [-0.1, -0.05) is 11.6 Å². The predicted octanol–water partition coefficient (Wildman–Crippen LogP) is 2.47. The van der Waals surface area contributed by atoms with Gasteiger partial charge in [-0.3, -0.25) is 4.79 Å². The Hall–Kier alpha value is -1.51. The normalized spacial score (nSPS) is 15.1. The van der Waals surface area contributed by atoms with Crippen LogP contribution in [0.25, 0.3) is 0 Å². The molecule has 0 saturated carbocycles. The van der Waals surface area contributed by atoms with Crippen LogP contribution in [0, 0.1) is 6.92 Å². The second kappa shape index (κ2) is 4.34. The lowest BCUT2D eigenvalue weighted by atomic mass is 10.0. The van der Waals surface area contributed by atoms with E-state index in [1.807, 2.05) is 6.92 Å². The molecule has 1 aromatic heterocycles. The van der Waals surface area contributed by atoms with Crippen LogP contribution in [0.2, 0.25) is 0 Å². The third-order valence-electron chi connectivity index (χ3n) is 2.73. The Balaban J connectivity index is 2.11. The summed E-state index contributed by atoms with van der Waals surface area (Å²) < 4.78 is 0. The summed E-state index contributed by atoms with van der Waals surface area (Å²) in [6.07, 6.45) is 9.17. The third kappa shape index (κ3) is 2.29. The van der Waals surface area contributed by atoms with Crippen LogP contribution < -0.4 is 0 Å². The maximum absolute atomic E-state index is 11.9. The third-order valence-corrected chi connectivity index (χ3v) is 2.73. The summed E-state index contributed by atoms with van der Waals surface area (Å²) in [6, 6.07) is 0.